The monoisotopic (exact) mass is 419 g/mol. The summed E-state index contributed by atoms with van der Waals surface area (Å²) in [5, 5.41) is 0. The lowest BCUT2D eigenvalue weighted by Gasteiger charge is -2.06. The van der Waals surface area contributed by atoms with Crippen LogP contribution >= 0.6 is 15.9 Å². The van der Waals surface area contributed by atoms with Crippen LogP contribution in [0.25, 0.3) is 11.4 Å². The van der Waals surface area contributed by atoms with E-state index in [1.54, 1.807) is 18.6 Å². The molecule has 0 amide bonds. The summed E-state index contributed by atoms with van der Waals surface area (Å²) in [5.74, 6) is 1.34. The minimum absolute atomic E-state index is 0.668. The molecule has 2 aromatic heterocycles. The molecule has 0 aromatic carbocycles. The zero-order valence-electron chi connectivity index (χ0n) is 15.8. The van der Waals surface area contributed by atoms with Gasteiger partial charge in [0.25, 0.3) is 0 Å². The fourth-order valence-electron chi connectivity index (χ4n) is 2.83. The Morgan fingerprint density at radius 2 is 1.38 bits per heavy atom. The highest BCUT2D eigenvalue weighted by atomic mass is 79.9. The van der Waals surface area contributed by atoms with Gasteiger partial charge < -0.3 is 4.74 Å². The number of aromatic nitrogens is 3. The first-order chi connectivity index (χ1) is 12.8. The summed E-state index contributed by atoms with van der Waals surface area (Å²) >= 11 is 3.34. The predicted molar refractivity (Wildman–Crippen MR) is 110 cm³/mol. The second-order valence-corrected chi connectivity index (χ2v) is 7.56. The number of rotatable bonds is 13. The molecule has 0 saturated carbocycles. The van der Waals surface area contributed by atoms with Crippen molar-refractivity contribution in [3.05, 3.63) is 35.2 Å². The van der Waals surface area contributed by atoms with Crippen molar-refractivity contribution >= 4 is 15.9 Å². The lowest BCUT2D eigenvalue weighted by atomic mass is 10.1. The molecule has 0 radical (unpaired) electrons. The van der Waals surface area contributed by atoms with Crippen molar-refractivity contribution in [2.24, 2.45) is 0 Å². The fourth-order valence-corrected chi connectivity index (χ4v) is 3.03. The summed E-state index contributed by atoms with van der Waals surface area (Å²) in [5.41, 5.74) is 0.892. The zero-order chi connectivity index (χ0) is 18.5. The van der Waals surface area contributed by atoms with Gasteiger partial charge in [0.1, 0.15) is 0 Å². The molecule has 0 unspecified atom stereocenters. The number of pyridine rings is 1. The number of unbranched alkanes of at least 4 members (excludes halogenated alkanes) is 9. The van der Waals surface area contributed by atoms with E-state index in [1.807, 2.05) is 12.1 Å². The normalized spacial score (nSPS) is 10.8. The second kappa shape index (κ2) is 12.8. The number of nitrogens with zero attached hydrogens (tertiary/aromatic N) is 3. The Bertz CT molecular complexity index is 602. The average Bonchev–Trinajstić information content (AvgIpc) is 2.67. The van der Waals surface area contributed by atoms with Crippen LogP contribution in [0.5, 0.6) is 5.88 Å². The Kier molecular flexibility index (Phi) is 10.2. The van der Waals surface area contributed by atoms with Crippen LogP contribution in [0.4, 0.5) is 0 Å². The number of ether oxygens (including phenoxy) is 1. The molecule has 2 heterocycles. The third-order valence-corrected chi connectivity index (χ3v) is 4.77. The lowest BCUT2D eigenvalue weighted by Crippen LogP contribution is -1.99. The highest BCUT2D eigenvalue weighted by Crippen LogP contribution is 2.18. The molecule has 0 N–H and O–H groups in total. The second-order valence-electron chi connectivity index (χ2n) is 6.64. The highest BCUT2D eigenvalue weighted by Gasteiger charge is 2.03. The summed E-state index contributed by atoms with van der Waals surface area (Å²) in [7, 11) is 0. The van der Waals surface area contributed by atoms with E-state index in [-0.39, 0.29) is 0 Å². The number of halogens is 1. The third kappa shape index (κ3) is 8.26. The first kappa shape index (κ1) is 20.8. The van der Waals surface area contributed by atoms with E-state index in [9.17, 15) is 0 Å². The Morgan fingerprint density at radius 1 is 0.769 bits per heavy atom. The van der Waals surface area contributed by atoms with E-state index < -0.39 is 0 Å². The summed E-state index contributed by atoms with van der Waals surface area (Å²) in [6.07, 6.45) is 18.5. The third-order valence-electron chi connectivity index (χ3n) is 4.36. The Labute approximate surface area is 166 Å². The molecule has 2 rings (SSSR count). The Morgan fingerprint density at radius 3 is 1.96 bits per heavy atom. The van der Waals surface area contributed by atoms with Gasteiger partial charge in [-0.2, -0.15) is 0 Å². The van der Waals surface area contributed by atoms with Gasteiger partial charge >= 0.3 is 0 Å². The van der Waals surface area contributed by atoms with E-state index in [0.29, 0.717) is 11.7 Å². The van der Waals surface area contributed by atoms with Crippen LogP contribution in [0, 0.1) is 0 Å². The molecule has 0 fully saturated rings. The molecule has 26 heavy (non-hydrogen) atoms. The summed E-state index contributed by atoms with van der Waals surface area (Å²) < 4.78 is 6.59. The molecule has 2 aromatic rings. The molecular formula is C21H30BrN3O. The van der Waals surface area contributed by atoms with Crippen molar-refractivity contribution in [1.82, 2.24) is 15.0 Å². The smallest absolute Gasteiger partial charge is 0.213 e. The quantitative estimate of drug-likeness (QED) is 0.343. The van der Waals surface area contributed by atoms with Gasteiger partial charge in [-0.25, -0.2) is 15.0 Å². The summed E-state index contributed by atoms with van der Waals surface area (Å²) in [6.45, 7) is 3.00. The zero-order valence-corrected chi connectivity index (χ0v) is 17.4. The summed E-state index contributed by atoms with van der Waals surface area (Å²) in [6, 6.07) is 3.83. The van der Waals surface area contributed by atoms with Crippen molar-refractivity contribution in [3.63, 3.8) is 0 Å². The SMILES string of the molecule is CCCCCCCCCCCCOc1ccc(-c2ncc(Br)cn2)cn1. The van der Waals surface area contributed by atoms with Crippen molar-refractivity contribution in [2.45, 2.75) is 71.1 Å². The molecule has 5 heteroatoms. The van der Waals surface area contributed by atoms with E-state index in [1.165, 1.54) is 57.8 Å². The van der Waals surface area contributed by atoms with Crippen LogP contribution in [-0.4, -0.2) is 21.6 Å². The standard InChI is InChI=1S/C21H30BrN3O/c1-2-3-4-5-6-7-8-9-10-11-14-26-20-13-12-18(15-23-20)21-24-16-19(22)17-25-21/h12-13,15-17H,2-11,14H2,1H3. The molecule has 0 atom stereocenters. The van der Waals surface area contributed by atoms with Crippen molar-refractivity contribution in [3.8, 4) is 17.3 Å². The minimum atomic E-state index is 0.668. The van der Waals surface area contributed by atoms with Gasteiger partial charge in [0.05, 0.1) is 11.1 Å². The van der Waals surface area contributed by atoms with Crippen LogP contribution in [0.3, 0.4) is 0 Å². The maximum Gasteiger partial charge on any atom is 0.213 e. The molecule has 4 nitrogen and oxygen atoms in total. The van der Waals surface area contributed by atoms with Crippen LogP contribution in [-0.2, 0) is 0 Å². The maximum atomic E-state index is 5.73. The van der Waals surface area contributed by atoms with Crippen LogP contribution < -0.4 is 4.74 Å². The summed E-state index contributed by atoms with van der Waals surface area (Å²) in [4.78, 5) is 12.9. The van der Waals surface area contributed by atoms with E-state index in [0.717, 1.165) is 23.1 Å². The van der Waals surface area contributed by atoms with Crippen molar-refractivity contribution in [2.75, 3.05) is 6.61 Å². The van der Waals surface area contributed by atoms with E-state index >= 15 is 0 Å². The Balaban J connectivity index is 1.54. The predicted octanol–water partition coefficient (Wildman–Crippen LogP) is 6.60. The maximum absolute atomic E-state index is 5.73. The van der Waals surface area contributed by atoms with Crippen molar-refractivity contribution < 1.29 is 4.74 Å². The Hall–Kier alpha value is -1.49. The fraction of sp³-hybridized carbons (Fsp3) is 0.571. The van der Waals surface area contributed by atoms with Gasteiger partial charge in [0, 0.05) is 30.2 Å². The topological polar surface area (TPSA) is 47.9 Å². The average molecular weight is 420 g/mol. The van der Waals surface area contributed by atoms with Gasteiger partial charge in [0.2, 0.25) is 5.88 Å². The molecule has 0 spiro atoms. The molecule has 0 bridgehead atoms. The molecular weight excluding hydrogens is 390 g/mol. The van der Waals surface area contributed by atoms with Gasteiger partial charge in [0.15, 0.2) is 5.82 Å². The van der Waals surface area contributed by atoms with Gasteiger partial charge in [-0.1, -0.05) is 64.7 Å². The first-order valence-corrected chi connectivity index (χ1v) is 10.7. The van der Waals surface area contributed by atoms with Crippen LogP contribution in [0.2, 0.25) is 0 Å². The molecule has 0 aliphatic rings. The lowest BCUT2D eigenvalue weighted by molar-refractivity contribution is 0.293. The highest BCUT2D eigenvalue weighted by molar-refractivity contribution is 9.10. The van der Waals surface area contributed by atoms with Gasteiger partial charge in [-0.3, -0.25) is 0 Å². The molecule has 0 saturated heterocycles. The number of hydrogen-bond acceptors (Lipinski definition) is 4. The van der Waals surface area contributed by atoms with Crippen LogP contribution in [0.1, 0.15) is 71.1 Å². The van der Waals surface area contributed by atoms with Gasteiger partial charge in [-0.05, 0) is 28.4 Å². The van der Waals surface area contributed by atoms with E-state index in [4.69, 9.17) is 4.74 Å². The van der Waals surface area contributed by atoms with E-state index in [2.05, 4.69) is 37.8 Å². The minimum Gasteiger partial charge on any atom is -0.478 e. The molecule has 0 aliphatic carbocycles. The first-order valence-electron chi connectivity index (χ1n) is 9.86. The van der Waals surface area contributed by atoms with Gasteiger partial charge in [-0.15, -0.1) is 0 Å². The largest absolute Gasteiger partial charge is 0.478 e. The number of hydrogen-bond donors (Lipinski definition) is 0. The molecule has 142 valence electrons. The van der Waals surface area contributed by atoms with Crippen molar-refractivity contribution in [1.29, 1.82) is 0 Å². The molecule has 0 aliphatic heterocycles. The van der Waals surface area contributed by atoms with Crippen LogP contribution in [0.15, 0.2) is 35.2 Å².